The first-order chi connectivity index (χ1) is 18.0. The molecule has 2 amide bonds. The van der Waals surface area contributed by atoms with Gasteiger partial charge in [0.25, 0.3) is 5.91 Å². The number of carbonyl (C=O) groups excluding carboxylic acids is 2. The number of fused-ring (bicyclic) bond motifs is 4. The number of nitrogens with one attached hydrogen (secondary N) is 2. The Morgan fingerprint density at radius 2 is 1.97 bits per heavy atom. The lowest BCUT2D eigenvalue weighted by Gasteiger charge is -2.44. The molecule has 1 saturated carbocycles. The fourth-order valence-electron chi connectivity index (χ4n) is 5.76. The first kappa shape index (κ1) is 24.0. The molecule has 4 aliphatic heterocycles. The van der Waals surface area contributed by atoms with E-state index in [1.165, 1.54) is 12.8 Å². The molecular weight excluding hydrogens is 470 g/mol. The monoisotopic (exact) mass is 505 g/mol. The SMILES string of the molecule is COc1cc(C(=O)NC2CN3CCC2CC3)ccc1Nc1ncc2c(n1)N(CC1CC1)CCC(=O)N2C. The van der Waals surface area contributed by atoms with Crippen LogP contribution in [0.15, 0.2) is 24.4 Å². The Bertz CT molecular complexity index is 1190. The molecular formula is C27H35N7O3. The van der Waals surface area contributed by atoms with Gasteiger partial charge in [-0.1, -0.05) is 0 Å². The second-order valence-electron chi connectivity index (χ2n) is 10.8. The van der Waals surface area contributed by atoms with Gasteiger partial charge in [-0.2, -0.15) is 4.98 Å². The van der Waals surface area contributed by atoms with Crippen molar-refractivity contribution in [1.82, 2.24) is 20.2 Å². The smallest absolute Gasteiger partial charge is 0.251 e. The van der Waals surface area contributed by atoms with Gasteiger partial charge < -0.3 is 30.1 Å². The molecule has 7 rings (SSSR count). The van der Waals surface area contributed by atoms with Crippen LogP contribution < -0.4 is 25.2 Å². The number of aromatic nitrogens is 2. The van der Waals surface area contributed by atoms with Crippen molar-refractivity contribution in [3.8, 4) is 5.75 Å². The van der Waals surface area contributed by atoms with Crippen LogP contribution in [0.2, 0.25) is 0 Å². The van der Waals surface area contributed by atoms with E-state index in [2.05, 4.69) is 25.4 Å². The van der Waals surface area contributed by atoms with Gasteiger partial charge in [0, 0.05) is 44.7 Å². The average Bonchev–Trinajstić information content (AvgIpc) is 3.76. The highest BCUT2D eigenvalue weighted by Gasteiger charge is 2.35. The predicted octanol–water partition coefficient (Wildman–Crippen LogP) is 2.64. The number of hydrogen-bond donors (Lipinski definition) is 2. The number of nitrogens with zero attached hydrogens (tertiary/aromatic N) is 5. The quantitative estimate of drug-likeness (QED) is 0.592. The van der Waals surface area contributed by atoms with Crippen molar-refractivity contribution in [1.29, 1.82) is 0 Å². The third-order valence-corrected chi connectivity index (χ3v) is 8.24. The molecule has 37 heavy (non-hydrogen) atoms. The van der Waals surface area contributed by atoms with E-state index in [0.717, 1.165) is 50.5 Å². The number of anilines is 4. The van der Waals surface area contributed by atoms with Crippen molar-refractivity contribution in [2.24, 2.45) is 11.8 Å². The van der Waals surface area contributed by atoms with E-state index in [-0.39, 0.29) is 17.9 Å². The van der Waals surface area contributed by atoms with E-state index in [0.29, 0.717) is 47.8 Å². The summed E-state index contributed by atoms with van der Waals surface area (Å²) >= 11 is 0. The highest BCUT2D eigenvalue weighted by atomic mass is 16.5. The molecule has 196 valence electrons. The standard InChI is InChI=1S/C27H35N7O3/c1-32-22-14-28-27(31-25(22)34(12-9-24(32)35)15-17-3-4-17)30-20-6-5-19(13-23(20)37-2)26(36)29-21-16-33-10-7-18(21)8-11-33/h5-6,13-14,17-18,21H,3-4,7-12,15-16H2,1-2H3,(H,29,36)(H,28,30,31). The van der Waals surface area contributed by atoms with E-state index in [1.807, 2.05) is 6.07 Å². The fourth-order valence-corrected chi connectivity index (χ4v) is 5.76. The number of piperidine rings is 3. The van der Waals surface area contributed by atoms with Gasteiger partial charge in [-0.3, -0.25) is 9.59 Å². The van der Waals surface area contributed by atoms with Crippen LogP contribution in [0.4, 0.5) is 23.1 Å². The van der Waals surface area contributed by atoms with Gasteiger partial charge in [-0.25, -0.2) is 4.98 Å². The van der Waals surface area contributed by atoms with Crippen molar-refractivity contribution >= 4 is 35.0 Å². The molecule has 1 aromatic carbocycles. The van der Waals surface area contributed by atoms with Crippen LogP contribution in [-0.2, 0) is 4.79 Å². The van der Waals surface area contributed by atoms with Crippen LogP contribution in [0.5, 0.6) is 5.75 Å². The first-order valence-corrected chi connectivity index (χ1v) is 13.4. The maximum absolute atomic E-state index is 13.0. The van der Waals surface area contributed by atoms with Gasteiger partial charge in [0.05, 0.1) is 19.0 Å². The Balaban J connectivity index is 1.20. The maximum atomic E-state index is 13.0. The lowest BCUT2D eigenvalue weighted by molar-refractivity contribution is -0.118. The number of amides is 2. The minimum atomic E-state index is -0.0756. The lowest BCUT2D eigenvalue weighted by Crippen LogP contribution is -2.57. The minimum Gasteiger partial charge on any atom is -0.495 e. The molecule has 2 bridgehead atoms. The fraction of sp³-hybridized carbons (Fsp3) is 0.556. The highest BCUT2D eigenvalue weighted by Crippen LogP contribution is 2.37. The van der Waals surface area contributed by atoms with Crippen LogP contribution in [0.25, 0.3) is 0 Å². The zero-order valence-electron chi connectivity index (χ0n) is 21.6. The van der Waals surface area contributed by atoms with Crippen molar-refractivity contribution in [2.75, 3.05) is 62.0 Å². The summed E-state index contributed by atoms with van der Waals surface area (Å²) in [5.41, 5.74) is 1.96. The Labute approximate surface area is 217 Å². The zero-order valence-corrected chi connectivity index (χ0v) is 21.6. The zero-order chi connectivity index (χ0) is 25.5. The summed E-state index contributed by atoms with van der Waals surface area (Å²) in [6.45, 7) is 4.76. The summed E-state index contributed by atoms with van der Waals surface area (Å²) in [5.74, 6) is 2.96. The summed E-state index contributed by atoms with van der Waals surface area (Å²) < 4.78 is 5.62. The molecule has 0 radical (unpaired) electrons. The highest BCUT2D eigenvalue weighted by molar-refractivity contribution is 5.97. The summed E-state index contributed by atoms with van der Waals surface area (Å²) in [6.07, 6.45) is 6.92. The van der Waals surface area contributed by atoms with Crippen LogP contribution in [-0.4, -0.2) is 79.6 Å². The molecule has 5 aliphatic rings. The molecule has 4 fully saturated rings. The second-order valence-corrected chi connectivity index (χ2v) is 10.8. The summed E-state index contributed by atoms with van der Waals surface area (Å²) in [6, 6.07) is 5.60. The third-order valence-electron chi connectivity index (χ3n) is 8.24. The Morgan fingerprint density at radius 1 is 1.16 bits per heavy atom. The van der Waals surface area contributed by atoms with Crippen molar-refractivity contribution in [2.45, 2.75) is 38.1 Å². The number of benzene rings is 1. The van der Waals surface area contributed by atoms with Gasteiger partial charge in [-0.15, -0.1) is 0 Å². The van der Waals surface area contributed by atoms with Crippen molar-refractivity contribution < 1.29 is 14.3 Å². The van der Waals surface area contributed by atoms with Gasteiger partial charge in [0.1, 0.15) is 11.4 Å². The van der Waals surface area contributed by atoms with E-state index in [9.17, 15) is 9.59 Å². The molecule has 1 aliphatic carbocycles. The first-order valence-electron chi connectivity index (χ1n) is 13.4. The van der Waals surface area contributed by atoms with Crippen LogP contribution in [0.3, 0.4) is 0 Å². The van der Waals surface area contributed by atoms with E-state index in [4.69, 9.17) is 9.72 Å². The summed E-state index contributed by atoms with van der Waals surface area (Å²) in [4.78, 5) is 41.1. The molecule has 0 spiro atoms. The minimum absolute atomic E-state index is 0.0673. The van der Waals surface area contributed by atoms with Gasteiger partial charge in [-0.05, 0) is 68.8 Å². The van der Waals surface area contributed by atoms with Gasteiger partial charge in [0.15, 0.2) is 5.82 Å². The van der Waals surface area contributed by atoms with Crippen LogP contribution >= 0.6 is 0 Å². The van der Waals surface area contributed by atoms with Crippen LogP contribution in [0.1, 0.15) is 42.5 Å². The molecule has 1 aromatic heterocycles. The number of carbonyl (C=O) groups is 2. The molecule has 10 heteroatoms. The van der Waals surface area contributed by atoms with Crippen molar-refractivity contribution in [3.05, 3.63) is 30.0 Å². The largest absolute Gasteiger partial charge is 0.495 e. The number of methoxy groups -OCH3 is 1. The van der Waals surface area contributed by atoms with Gasteiger partial charge in [0.2, 0.25) is 11.9 Å². The number of hydrogen-bond acceptors (Lipinski definition) is 8. The molecule has 2 aromatic rings. The molecule has 3 saturated heterocycles. The predicted molar refractivity (Wildman–Crippen MR) is 142 cm³/mol. The lowest BCUT2D eigenvalue weighted by atomic mass is 9.84. The maximum Gasteiger partial charge on any atom is 0.251 e. The van der Waals surface area contributed by atoms with E-state index < -0.39 is 0 Å². The summed E-state index contributed by atoms with van der Waals surface area (Å²) in [7, 11) is 3.37. The molecule has 5 heterocycles. The third kappa shape index (κ3) is 4.94. The summed E-state index contributed by atoms with van der Waals surface area (Å²) in [5, 5.41) is 6.50. The molecule has 2 N–H and O–H groups in total. The van der Waals surface area contributed by atoms with Crippen molar-refractivity contribution in [3.63, 3.8) is 0 Å². The molecule has 1 unspecified atom stereocenters. The molecule has 1 atom stereocenters. The second kappa shape index (κ2) is 9.81. The number of ether oxygens (including phenoxy) is 1. The van der Waals surface area contributed by atoms with E-state index in [1.54, 1.807) is 37.4 Å². The van der Waals surface area contributed by atoms with Crippen LogP contribution in [0, 0.1) is 11.8 Å². The Morgan fingerprint density at radius 3 is 2.68 bits per heavy atom. The Kier molecular flexibility index (Phi) is 6.36. The van der Waals surface area contributed by atoms with E-state index >= 15 is 0 Å². The number of rotatable bonds is 7. The molecule has 10 nitrogen and oxygen atoms in total. The van der Waals surface area contributed by atoms with Gasteiger partial charge >= 0.3 is 0 Å². The Hall–Kier alpha value is -3.40. The topological polar surface area (TPSA) is 103 Å². The normalized spacial score (nSPS) is 24.9. The average molecular weight is 506 g/mol.